The fourth-order valence-corrected chi connectivity index (χ4v) is 2.21. The van der Waals surface area contributed by atoms with Gasteiger partial charge in [0.25, 0.3) is 0 Å². The summed E-state index contributed by atoms with van der Waals surface area (Å²) in [6.07, 6.45) is 0. The normalized spacial score (nSPS) is 11.0. The molecule has 0 aliphatic carbocycles. The average molecular weight is 290 g/mol. The predicted molar refractivity (Wildman–Crippen MR) is 70.7 cm³/mol. The van der Waals surface area contributed by atoms with Gasteiger partial charge in [0.15, 0.2) is 5.76 Å². The fraction of sp³-hybridized carbons (Fsp3) is 0.0625. The van der Waals surface area contributed by atoms with Gasteiger partial charge in [0.2, 0.25) is 5.78 Å². The van der Waals surface area contributed by atoms with E-state index in [2.05, 4.69) is 0 Å². The quantitative estimate of drug-likeness (QED) is 0.655. The SMILES string of the molecule is Cc1c(C(=O)c2ccc(F)cc2F)oc2cc(F)ccc12. The van der Waals surface area contributed by atoms with Crippen molar-refractivity contribution in [3.63, 3.8) is 0 Å². The minimum absolute atomic E-state index is 0.0823. The van der Waals surface area contributed by atoms with Crippen molar-refractivity contribution in [2.75, 3.05) is 0 Å². The van der Waals surface area contributed by atoms with E-state index in [4.69, 9.17) is 4.42 Å². The molecule has 0 amide bonds. The Labute approximate surface area is 117 Å². The van der Waals surface area contributed by atoms with Crippen molar-refractivity contribution in [2.45, 2.75) is 6.92 Å². The lowest BCUT2D eigenvalue weighted by molar-refractivity contribution is 0.101. The van der Waals surface area contributed by atoms with Crippen molar-refractivity contribution in [3.05, 3.63) is 70.7 Å². The monoisotopic (exact) mass is 290 g/mol. The number of carbonyl (C=O) groups is 1. The molecule has 5 heteroatoms. The Hall–Kier alpha value is -2.56. The van der Waals surface area contributed by atoms with Crippen LogP contribution in [0.1, 0.15) is 21.7 Å². The third-order valence-electron chi connectivity index (χ3n) is 3.28. The van der Waals surface area contributed by atoms with Gasteiger partial charge in [-0.3, -0.25) is 4.79 Å². The molecule has 0 N–H and O–H groups in total. The summed E-state index contributed by atoms with van der Waals surface area (Å²) in [6.45, 7) is 1.62. The average Bonchev–Trinajstić information content (AvgIpc) is 2.75. The predicted octanol–water partition coefficient (Wildman–Crippen LogP) is 4.39. The van der Waals surface area contributed by atoms with E-state index in [1.165, 1.54) is 12.1 Å². The molecular formula is C16H9F3O2. The van der Waals surface area contributed by atoms with Gasteiger partial charge in [0.05, 0.1) is 5.56 Å². The minimum Gasteiger partial charge on any atom is -0.452 e. The third kappa shape index (κ3) is 2.20. The van der Waals surface area contributed by atoms with Crippen molar-refractivity contribution in [2.24, 2.45) is 0 Å². The van der Waals surface area contributed by atoms with Crippen LogP contribution in [0.2, 0.25) is 0 Å². The highest BCUT2D eigenvalue weighted by Crippen LogP contribution is 2.28. The van der Waals surface area contributed by atoms with E-state index in [9.17, 15) is 18.0 Å². The molecule has 0 aliphatic heterocycles. The standard InChI is InChI=1S/C16H9F3O2/c1-8-11-4-2-10(18)7-14(11)21-16(8)15(20)12-5-3-9(17)6-13(12)19/h2-7H,1H3. The topological polar surface area (TPSA) is 30.2 Å². The Balaban J connectivity index is 2.15. The van der Waals surface area contributed by atoms with E-state index in [0.717, 1.165) is 18.2 Å². The summed E-state index contributed by atoms with van der Waals surface area (Å²) in [7, 11) is 0. The van der Waals surface area contributed by atoms with Gasteiger partial charge in [-0.25, -0.2) is 13.2 Å². The van der Waals surface area contributed by atoms with Crippen LogP contribution in [0, 0.1) is 24.4 Å². The number of carbonyl (C=O) groups excluding carboxylic acids is 1. The first-order valence-electron chi connectivity index (χ1n) is 6.16. The molecule has 0 unspecified atom stereocenters. The van der Waals surface area contributed by atoms with Crippen LogP contribution in [-0.2, 0) is 0 Å². The molecule has 0 saturated carbocycles. The number of hydrogen-bond donors (Lipinski definition) is 0. The first-order chi connectivity index (χ1) is 9.97. The minimum atomic E-state index is -0.967. The van der Waals surface area contributed by atoms with Crippen LogP contribution in [0.15, 0.2) is 40.8 Å². The maximum absolute atomic E-state index is 13.7. The Bertz CT molecular complexity index is 865. The van der Waals surface area contributed by atoms with E-state index >= 15 is 0 Å². The number of aryl methyl sites for hydroxylation is 1. The highest BCUT2D eigenvalue weighted by atomic mass is 19.1. The second-order valence-corrected chi connectivity index (χ2v) is 4.65. The van der Waals surface area contributed by atoms with Crippen molar-refractivity contribution in [3.8, 4) is 0 Å². The largest absolute Gasteiger partial charge is 0.452 e. The maximum atomic E-state index is 13.7. The molecule has 21 heavy (non-hydrogen) atoms. The summed E-state index contributed by atoms with van der Waals surface area (Å²) in [5.74, 6) is -3.02. The molecule has 3 rings (SSSR count). The van der Waals surface area contributed by atoms with Crippen LogP contribution in [0.4, 0.5) is 13.2 Å². The Morgan fingerprint density at radius 1 is 1.00 bits per heavy atom. The van der Waals surface area contributed by atoms with Gasteiger partial charge in [0.1, 0.15) is 23.0 Å². The highest BCUT2D eigenvalue weighted by Gasteiger charge is 2.22. The Morgan fingerprint density at radius 3 is 2.38 bits per heavy atom. The third-order valence-corrected chi connectivity index (χ3v) is 3.28. The summed E-state index contributed by atoms with van der Waals surface area (Å²) in [5, 5.41) is 0.572. The molecule has 2 nitrogen and oxygen atoms in total. The van der Waals surface area contributed by atoms with Gasteiger partial charge >= 0.3 is 0 Å². The Kier molecular flexibility index (Phi) is 3.05. The van der Waals surface area contributed by atoms with Crippen LogP contribution < -0.4 is 0 Å². The molecule has 0 bridgehead atoms. The lowest BCUT2D eigenvalue weighted by atomic mass is 10.0. The van der Waals surface area contributed by atoms with E-state index in [1.54, 1.807) is 6.92 Å². The molecule has 1 heterocycles. The first-order valence-corrected chi connectivity index (χ1v) is 6.16. The molecule has 2 aromatic carbocycles. The Morgan fingerprint density at radius 2 is 1.67 bits per heavy atom. The van der Waals surface area contributed by atoms with Crippen LogP contribution in [0.25, 0.3) is 11.0 Å². The van der Waals surface area contributed by atoms with Crippen molar-refractivity contribution >= 4 is 16.8 Å². The lowest BCUT2D eigenvalue weighted by Crippen LogP contribution is -2.04. The van der Waals surface area contributed by atoms with Crippen molar-refractivity contribution in [1.82, 2.24) is 0 Å². The zero-order valence-electron chi connectivity index (χ0n) is 10.9. The van der Waals surface area contributed by atoms with Crippen molar-refractivity contribution in [1.29, 1.82) is 0 Å². The first kappa shape index (κ1) is 13.4. The molecule has 0 aliphatic rings. The summed E-state index contributed by atoms with van der Waals surface area (Å²) >= 11 is 0. The van der Waals surface area contributed by atoms with Crippen LogP contribution in [0.5, 0.6) is 0 Å². The van der Waals surface area contributed by atoms with E-state index in [1.807, 2.05) is 0 Å². The highest BCUT2D eigenvalue weighted by molar-refractivity contribution is 6.10. The van der Waals surface area contributed by atoms with E-state index in [-0.39, 0.29) is 16.9 Å². The van der Waals surface area contributed by atoms with Gasteiger partial charge in [0, 0.05) is 23.1 Å². The lowest BCUT2D eigenvalue weighted by Gasteiger charge is -2.01. The summed E-state index contributed by atoms with van der Waals surface area (Å²) in [4.78, 5) is 12.3. The van der Waals surface area contributed by atoms with Crippen LogP contribution >= 0.6 is 0 Å². The van der Waals surface area contributed by atoms with Crippen LogP contribution in [-0.4, -0.2) is 5.78 Å². The van der Waals surface area contributed by atoms with Gasteiger partial charge < -0.3 is 4.42 Å². The summed E-state index contributed by atoms with van der Waals surface area (Å²) in [6, 6.07) is 6.57. The van der Waals surface area contributed by atoms with Gasteiger partial charge in [-0.2, -0.15) is 0 Å². The molecule has 3 aromatic rings. The zero-order chi connectivity index (χ0) is 15.1. The zero-order valence-corrected chi connectivity index (χ0v) is 10.9. The number of benzene rings is 2. The number of halogens is 3. The molecule has 0 saturated heterocycles. The molecule has 0 spiro atoms. The van der Waals surface area contributed by atoms with Crippen LogP contribution in [0.3, 0.4) is 0 Å². The molecule has 0 radical (unpaired) electrons. The van der Waals surface area contributed by atoms with E-state index < -0.39 is 23.2 Å². The second kappa shape index (κ2) is 4.77. The smallest absolute Gasteiger partial charge is 0.231 e. The number of furan rings is 1. The second-order valence-electron chi connectivity index (χ2n) is 4.65. The molecular weight excluding hydrogens is 281 g/mol. The molecule has 106 valence electrons. The number of hydrogen-bond acceptors (Lipinski definition) is 2. The number of fused-ring (bicyclic) bond motifs is 1. The van der Waals surface area contributed by atoms with E-state index in [0.29, 0.717) is 17.0 Å². The maximum Gasteiger partial charge on any atom is 0.231 e. The number of ketones is 1. The number of rotatable bonds is 2. The van der Waals surface area contributed by atoms with Gasteiger partial charge in [-0.15, -0.1) is 0 Å². The van der Waals surface area contributed by atoms with Gasteiger partial charge in [-0.05, 0) is 31.2 Å². The van der Waals surface area contributed by atoms with Crippen molar-refractivity contribution < 1.29 is 22.4 Å². The summed E-state index contributed by atoms with van der Waals surface area (Å²) in [5.41, 5.74) is 0.399. The molecule has 0 fully saturated rings. The molecule has 0 atom stereocenters. The molecule has 1 aromatic heterocycles. The van der Waals surface area contributed by atoms with Gasteiger partial charge in [-0.1, -0.05) is 0 Å². The summed E-state index contributed by atoms with van der Waals surface area (Å²) < 4.78 is 45.1. The fourth-order valence-electron chi connectivity index (χ4n) is 2.21.